The number of hydrogen-bond donors (Lipinski definition) is 1. The van der Waals surface area contributed by atoms with E-state index in [0.717, 1.165) is 0 Å². The molecule has 1 atom stereocenters. The Morgan fingerprint density at radius 1 is 1.40 bits per heavy atom. The Labute approximate surface area is 89.4 Å². The van der Waals surface area contributed by atoms with Gasteiger partial charge >= 0.3 is 0 Å². The van der Waals surface area contributed by atoms with Crippen molar-refractivity contribution < 1.29 is 9.84 Å². The molecule has 0 bridgehead atoms. The van der Waals surface area contributed by atoms with Crippen LogP contribution >= 0.6 is 0 Å². The first-order chi connectivity index (χ1) is 7.18. The van der Waals surface area contributed by atoms with Gasteiger partial charge in [-0.1, -0.05) is 26.0 Å². The van der Waals surface area contributed by atoms with Gasteiger partial charge in [-0.15, -0.1) is 0 Å². The number of nitrogens with zero attached hydrogens (tertiary/aromatic N) is 1. The molecule has 0 spiro atoms. The van der Waals surface area contributed by atoms with Crippen molar-refractivity contribution in [2.45, 2.75) is 19.9 Å². The smallest absolute Gasteiger partial charge is 0.220 e. The Kier molecular flexibility index (Phi) is 2.62. The van der Waals surface area contributed by atoms with E-state index in [0.29, 0.717) is 24.0 Å². The van der Waals surface area contributed by atoms with Crippen LogP contribution in [-0.4, -0.2) is 23.7 Å². The maximum absolute atomic E-state index is 9.63. The van der Waals surface area contributed by atoms with Gasteiger partial charge in [0.2, 0.25) is 5.90 Å². The molecule has 1 aromatic carbocycles. The van der Waals surface area contributed by atoms with E-state index in [2.05, 4.69) is 18.8 Å². The van der Waals surface area contributed by atoms with Crippen LogP contribution in [0, 0.1) is 5.92 Å². The second kappa shape index (κ2) is 3.93. The molecule has 3 nitrogen and oxygen atoms in total. The zero-order chi connectivity index (χ0) is 10.8. The van der Waals surface area contributed by atoms with Crippen molar-refractivity contribution in [3.63, 3.8) is 0 Å². The normalized spacial score (nSPS) is 20.2. The fourth-order valence-corrected chi connectivity index (χ4v) is 1.53. The zero-order valence-electron chi connectivity index (χ0n) is 8.97. The Balaban J connectivity index is 2.27. The summed E-state index contributed by atoms with van der Waals surface area (Å²) >= 11 is 0. The Bertz CT molecular complexity index is 385. The van der Waals surface area contributed by atoms with Gasteiger partial charge in [0.1, 0.15) is 12.4 Å². The van der Waals surface area contributed by atoms with E-state index in [-0.39, 0.29) is 11.8 Å². The van der Waals surface area contributed by atoms with E-state index >= 15 is 0 Å². The van der Waals surface area contributed by atoms with Gasteiger partial charge in [0, 0.05) is 0 Å². The molecule has 0 saturated carbocycles. The molecule has 80 valence electrons. The molecule has 0 aliphatic carbocycles. The van der Waals surface area contributed by atoms with E-state index in [1.165, 1.54) is 0 Å². The number of benzene rings is 1. The number of para-hydroxylation sites is 1. The third-order valence-electron chi connectivity index (χ3n) is 2.58. The number of rotatable bonds is 2. The molecule has 0 saturated heterocycles. The third kappa shape index (κ3) is 1.96. The Morgan fingerprint density at radius 2 is 2.13 bits per heavy atom. The topological polar surface area (TPSA) is 41.8 Å². The van der Waals surface area contributed by atoms with E-state index in [4.69, 9.17) is 4.74 Å². The summed E-state index contributed by atoms with van der Waals surface area (Å²) in [5.41, 5.74) is 0.681. The van der Waals surface area contributed by atoms with Crippen molar-refractivity contribution in [2.24, 2.45) is 10.9 Å². The number of aromatic hydroxyl groups is 1. The van der Waals surface area contributed by atoms with Crippen molar-refractivity contribution in [1.29, 1.82) is 0 Å². The number of phenols is 1. The van der Waals surface area contributed by atoms with Crippen LogP contribution < -0.4 is 0 Å². The first-order valence-corrected chi connectivity index (χ1v) is 5.17. The van der Waals surface area contributed by atoms with Crippen LogP contribution in [0.1, 0.15) is 19.4 Å². The lowest BCUT2D eigenvalue weighted by Crippen LogP contribution is -2.13. The van der Waals surface area contributed by atoms with Gasteiger partial charge in [-0.3, -0.25) is 0 Å². The van der Waals surface area contributed by atoms with E-state index in [9.17, 15) is 5.11 Å². The maximum Gasteiger partial charge on any atom is 0.220 e. The summed E-state index contributed by atoms with van der Waals surface area (Å²) < 4.78 is 5.48. The average Bonchev–Trinajstić information content (AvgIpc) is 2.67. The summed E-state index contributed by atoms with van der Waals surface area (Å²) in [5.74, 6) is 1.25. The average molecular weight is 205 g/mol. The van der Waals surface area contributed by atoms with Gasteiger partial charge in [0.25, 0.3) is 0 Å². The molecule has 0 amide bonds. The van der Waals surface area contributed by atoms with Crippen molar-refractivity contribution >= 4 is 5.90 Å². The lowest BCUT2D eigenvalue weighted by molar-refractivity contribution is 0.291. The molecule has 3 heteroatoms. The van der Waals surface area contributed by atoms with Gasteiger partial charge < -0.3 is 9.84 Å². The third-order valence-corrected chi connectivity index (χ3v) is 2.58. The van der Waals surface area contributed by atoms with Crippen LogP contribution in [0.15, 0.2) is 29.3 Å². The van der Waals surface area contributed by atoms with Crippen LogP contribution in [-0.2, 0) is 4.74 Å². The van der Waals surface area contributed by atoms with Gasteiger partial charge in [0.15, 0.2) is 0 Å². The van der Waals surface area contributed by atoms with E-state index in [1.54, 1.807) is 12.1 Å². The van der Waals surface area contributed by atoms with Gasteiger partial charge in [-0.25, -0.2) is 4.99 Å². The summed E-state index contributed by atoms with van der Waals surface area (Å²) in [6, 6.07) is 7.32. The molecule has 1 aliphatic heterocycles. The number of ether oxygens (including phenoxy) is 1. The highest BCUT2D eigenvalue weighted by Crippen LogP contribution is 2.22. The highest BCUT2D eigenvalue weighted by molar-refractivity contribution is 5.97. The van der Waals surface area contributed by atoms with E-state index in [1.807, 2.05) is 12.1 Å². The largest absolute Gasteiger partial charge is 0.507 e. The van der Waals surface area contributed by atoms with E-state index < -0.39 is 0 Å². The molecule has 0 fully saturated rings. The maximum atomic E-state index is 9.63. The lowest BCUT2D eigenvalue weighted by atomic mass is 10.1. The minimum Gasteiger partial charge on any atom is -0.507 e. The second-order valence-corrected chi connectivity index (χ2v) is 4.07. The Hall–Kier alpha value is -1.51. The molecule has 0 radical (unpaired) electrons. The molecule has 2 rings (SSSR count). The quantitative estimate of drug-likeness (QED) is 0.804. The monoisotopic (exact) mass is 205 g/mol. The van der Waals surface area contributed by atoms with Gasteiger partial charge in [-0.2, -0.15) is 0 Å². The van der Waals surface area contributed by atoms with Crippen molar-refractivity contribution in [3.8, 4) is 5.75 Å². The fourth-order valence-electron chi connectivity index (χ4n) is 1.53. The molecule has 1 aromatic rings. The van der Waals surface area contributed by atoms with Crippen molar-refractivity contribution in [2.75, 3.05) is 6.61 Å². The van der Waals surface area contributed by atoms with Crippen LogP contribution in [0.4, 0.5) is 0 Å². The van der Waals surface area contributed by atoms with Gasteiger partial charge in [0.05, 0.1) is 11.6 Å². The number of hydrogen-bond acceptors (Lipinski definition) is 3. The van der Waals surface area contributed by atoms with Crippen LogP contribution in [0.2, 0.25) is 0 Å². The molecule has 1 N–H and O–H groups in total. The minimum atomic E-state index is 0.208. The van der Waals surface area contributed by atoms with Crippen LogP contribution in [0.3, 0.4) is 0 Å². The fraction of sp³-hybridized carbons (Fsp3) is 0.417. The van der Waals surface area contributed by atoms with Gasteiger partial charge in [-0.05, 0) is 18.1 Å². The summed E-state index contributed by atoms with van der Waals surface area (Å²) in [5, 5.41) is 9.63. The molecule has 1 heterocycles. The summed E-state index contributed by atoms with van der Waals surface area (Å²) in [6.45, 7) is 4.85. The molecule has 0 aromatic heterocycles. The van der Waals surface area contributed by atoms with Crippen LogP contribution in [0.5, 0.6) is 5.75 Å². The molecule has 15 heavy (non-hydrogen) atoms. The van der Waals surface area contributed by atoms with Crippen molar-refractivity contribution in [3.05, 3.63) is 29.8 Å². The highest BCUT2D eigenvalue weighted by Gasteiger charge is 2.23. The standard InChI is InChI=1S/C12H15NO2/c1-8(2)10-7-15-12(13-10)9-5-3-4-6-11(9)14/h3-6,8,10,14H,7H2,1-2H3. The Morgan fingerprint density at radius 3 is 2.73 bits per heavy atom. The number of phenolic OH excluding ortho intramolecular Hbond substituents is 1. The summed E-state index contributed by atoms with van der Waals surface area (Å²) in [7, 11) is 0. The molecule has 1 aliphatic rings. The lowest BCUT2D eigenvalue weighted by Gasteiger charge is -2.06. The molecular weight excluding hydrogens is 190 g/mol. The second-order valence-electron chi connectivity index (χ2n) is 4.07. The molecule has 1 unspecified atom stereocenters. The summed E-state index contributed by atoms with van der Waals surface area (Å²) in [4.78, 5) is 4.45. The number of aliphatic imine (C=N–C) groups is 1. The van der Waals surface area contributed by atoms with Crippen molar-refractivity contribution in [1.82, 2.24) is 0 Å². The summed E-state index contributed by atoms with van der Waals surface area (Å²) in [6.07, 6.45) is 0. The first kappa shape index (κ1) is 10.0. The predicted molar refractivity (Wildman–Crippen MR) is 59.2 cm³/mol. The zero-order valence-corrected chi connectivity index (χ0v) is 8.97. The minimum absolute atomic E-state index is 0.208. The first-order valence-electron chi connectivity index (χ1n) is 5.17. The SMILES string of the molecule is CC(C)C1COC(c2ccccc2O)=N1. The van der Waals surface area contributed by atoms with Crippen LogP contribution in [0.25, 0.3) is 0 Å². The highest BCUT2D eigenvalue weighted by atomic mass is 16.5. The predicted octanol–water partition coefficient (Wildman–Crippen LogP) is 2.19. The molecular formula is C12H15NO2.